The van der Waals surface area contributed by atoms with E-state index in [0.29, 0.717) is 21.5 Å². The number of fused-ring (bicyclic) bond motifs is 1. The van der Waals surface area contributed by atoms with E-state index in [0.717, 1.165) is 12.3 Å². The normalized spacial score (nSPS) is 11.9. The van der Waals surface area contributed by atoms with Gasteiger partial charge in [-0.2, -0.15) is 0 Å². The first-order chi connectivity index (χ1) is 19.8. The summed E-state index contributed by atoms with van der Waals surface area (Å²) in [6.07, 6.45) is 3.85. The highest BCUT2D eigenvalue weighted by Gasteiger charge is 2.29. The van der Waals surface area contributed by atoms with Crippen LogP contribution in [0.5, 0.6) is 0 Å². The second-order valence-corrected chi connectivity index (χ2v) is 13.2. The Bertz CT molecular complexity index is 2140. The number of hydrogen-bond acceptors (Lipinski definition) is 8. The fraction of sp³-hybridized carbons (Fsp3) is 0.0741. The van der Waals surface area contributed by atoms with Crippen molar-refractivity contribution < 1.29 is 21.6 Å². The van der Waals surface area contributed by atoms with E-state index in [1.807, 2.05) is 0 Å². The molecular formula is C27H23ClN6O6S2. The maximum absolute atomic E-state index is 14.0. The lowest BCUT2D eigenvalue weighted by atomic mass is 10.0. The first kappa shape index (κ1) is 28.9. The summed E-state index contributed by atoms with van der Waals surface area (Å²) in [7, 11) is -8.22. The third-order valence-electron chi connectivity index (χ3n) is 6.19. The molecule has 3 heterocycles. The van der Waals surface area contributed by atoms with Crippen molar-refractivity contribution in [2.75, 3.05) is 16.7 Å². The average Bonchev–Trinajstić information content (AvgIpc) is 3.21. The van der Waals surface area contributed by atoms with E-state index >= 15 is 0 Å². The molecule has 0 unspecified atom stereocenters. The van der Waals surface area contributed by atoms with E-state index in [1.54, 1.807) is 41.0 Å². The zero-order valence-electron chi connectivity index (χ0n) is 21.8. The van der Waals surface area contributed by atoms with Crippen molar-refractivity contribution in [2.24, 2.45) is 0 Å². The summed E-state index contributed by atoms with van der Waals surface area (Å²) in [6.45, 7) is 0.0465. The lowest BCUT2D eigenvalue weighted by molar-refractivity contribution is 0.0974. The van der Waals surface area contributed by atoms with Crippen LogP contribution in [0.4, 0.5) is 11.5 Å². The zero-order valence-corrected chi connectivity index (χ0v) is 24.2. The van der Waals surface area contributed by atoms with Gasteiger partial charge in [0.1, 0.15) is 11.5 Å². The Hall–Kier alpha value is -4.66. The summed E-state index contributed by atoms with van der Waals surface area (Å²) in [5.74, 6) is -0.804. The summed E-state index contributed by atoms with van der Waals surface area (Å²) < 4.78 is 55.9. The monoisotopic (exact) mass is 626 g/mol. The third kappa shape index (κ3) is 6.00. The molecule has 0 saturated carbocycles. The van der Waals surface area contributed by atoms with E-state index in [1.165, 1.54) is 36.7 Å². The number of aromatic nitrogens is 3. The predicted molar refractivity (Wildman–Crippen MR) is 160 cm³/mol. The van der Waals surface area contributed by atoms with Gasteiger partial charge in [0.15, 0.2) is 0 Å². The number of carbonyl (C=O) groups excluding carboxylic acids is 1. The average molecular weight is 627 g/mol. The maximum atomic E-state index is 14.0. The van der Waals surface area contributed by atoms with Crippen molar-refractivity contribution in [2.45, 2.75) is 11.4 Å². The molecule has 0 saturated heterocycles. The van der Waals surface area contributed by atoms with E-state index < -0.39 is 31.5 Å². The number of pyridine rings is 2. The smallest absolute Gasteiger partial charge is 0.282 e. The molecule has 5 N–H and O–H groups in total. The number of benzene rings is 2. The minimum Gasteiger partial charge on any atom is -0.384 e. The summed E-state index contributed by atoms with van der Waals surface area (Å²) in [5, 5.41) is 0.818. The third-order valence-corrected chi connectivity index (χ3v) is 8.36. The number of nitrogens with one attached hydrogen (secondary N) is 3. The number of rotatable bonds is 8. The van der Waals surface area contributed by atoms with E-state index in [4.69, 9.17) is 17.3 Å². The number of H-pyrrole nitrogens is 1. The number of halogens is 1. The van der Waals surface area contributed by atoms with Gasteiger partial charge in [0.2, 0.25) is 10.0 Å². The highest BCUT2D eigenvalue weighted by atomic mass is 35.5. The number of aromatic amines is 1. The van der Waals surface area contributed by atoms with Crippen LogP contribution in [0, 0.1) is 0 Å². The van der Waals surface area contributed by atoms with Crippen molar-refractivity contribution in [3.05, 3.63) is 106 Å². The Labute approximate surface area is 245 Å². The molecule has 0 aliphatic carbocycles. The van der Waals surface area contributed by atoms with Crippen LogP contribution in [-0.4, -0.2) is 43.5 Å². The molecule has 0 atom stereocenters. The first-order valence-electron chi connectivity index (χ1n) is 12.2. The van der Waals surface area contributed by atoms with Crippen molar-refractivity contribution in [1.82, 2.24) is 19.3 Å². The fourth-order valence-electron chi connectivity index (χ4n) is 4.56. The Morgan fingerprint density at radius 3 is 2.55 bits per heavy atom. The highest BCUT2D eigenvalue weighted by Crippen LogP contribution is 2.36. The Kier molecular flexibility index (Phi) is 7.53. The molecule has 42 heavy (non-hydrogen) atoms. The zero-order chi connectivity index (χ0) is 30.2. The molecule has 5 aromatic rings. The Balaban J connectivity index is 1.71. The van der Waals surface area contributed by atoms with Crippen molar-refractivity contribution in [3.63, 3.8) is 0 Å². The van der Waals surface area contributed by atoms with Crippen LogP contribution in [0.15, 0.2) is 88.8 Å². The van der Waals surface area contributed by atoms with Gasteiger partial charge in [-0.3, -0.25) is 14.3 Å². The van der Waals surface area contributed by atoms with E-state index in [9.17, 15) is 26.4 Å². The molecule has 0 fully saturated rings. The van der Waals surface area contributed by atoms with Gasteiger partial charge in [0.05, 0.1) is 16.7 Å². The number of sulfonamides is 2. The van der Waals surface area contributed by atoms with Crippen LogP contribution in [0.1, 0.15) is 16.1 Å². The molecule has 1 amide bonds. The molecule has 0 aliphatic heterocycles. The molecule has 216 valence electrons. The largest absolute Gasteiger partial charge is 0.384 e. The Morgan fingerprint density at radius 2 is 1.83 bits per heavy atom. The Morgan fingerprint density at radius 1 is 1.05 bits per heavy atom. The number of anilines is 2. The second kappa shape index (κ2) is 11.0. The summed E-state index contributed by atoms with van der Waals surface area (Å²) in [4.78, 5) is 33.1. The van der Waals surface area contributed by atoms with Gasteiger partial charge in [-0.05, 0) is 60.2 Å². The molecule has 5 rings (SSSR count). The van der Waals surface area contributed by atoms with Gasteiger partial charge in [-0.1, -0.05) is 23.7 Å². The second-order valence-electron chi connectivity index (χ2n) is 9.31. The van der Waals surface area contributed by atoms with E-state index in [-0.39, 0.29) is 39.8 Å². The molecular weight excluding hydrogens is 604 g/mol. The molecule has 15 heteroatoms. The van der Waals surface area contributed by atoms with Crippen LogP contribution in [-0.2, 0) is 26.6 Å². The standard InChI is InChI=1S/C27H23ClN6O6S2/c1-41(37,38)32-18-4-2-5-19(14-18)42(39,40)33-27(36)25-24(21-6-3-10-31-26(21)35)20-8-7-17(28)13-22(20)34(25)15-16-9-11-30-23(29)12-16/h2-14,32H,15H2,1H3,(H2,29,30)(H,31,35)(H,33,36). The molecule has 3 aromatic heterocycles. The summed E-state index contributed by atoms with van der Waals surface area (Å²) in [5.41, 5.74) is 6.64. The number of amides is 1. The van der Waals surface area contributed by atoms with Gasteiger partial charge in [-0.15, -0.1) is 0 Å². The molecule has 12 nitrogen and oxygen atoms in total. The fourth-order valence-corrected chi connectivity index (χ4v) is 6.28. The molecule has 2 aromatic carbocycles. The summed E-state index contributed by atoms with van der Waals surface area (Å²) >= 11 is 6.33. The predicted octanol–water partition coefficient (Wildman–Crippen LogP) is 3.17. The molecule has 0 bridgehead atoms. The van der Waals surface area contributed by atoms with Gasteiger partial charge in [0, 0.05) is 46.2 Å². The van der Waals surface area contributed by atoms with Crippen molar-refractivity contribution in [3.8, 4) is 11.1 Å². The van der Waals surface area contributed by atoms with Gasteiger partial charge in [-0.25, -0.2) is 26.5 Å². The van der Waals surface area contributed by atoms with Crippen LogP contribution in [0.25, 0.3) is 22.0 Å². The van der Waals surface area contributed by atoms with Crippen LogP contribution in [0.2, 0.25) is 5.02 Å². The van der Waals surface area contributed by atoms with Gasteiger partial charge in [0.25, 0.3) is 21.5 Å². The maximum Gasteiger partial charge on any atom is 0.282 e. The quantitative estimate of drug-likeness (QED) is 0.202. The number of nitrogen functional groups attached to an aromatic ring is 1. The lowest BCUT2D eigenvalue weighted by Gasteiger charge is -2.14. The van der Waals surface area contributed by atoms with Gasteiger partial charge >= 0.3 is 0 Å². The molecule has 0 aliphatic rings. The summed E-state index contributed by atoms with van der Waals surface area (Å²) in [6, 6.07) is 16.2. The van der Waals surface area contributed by atoms with Gasteiger partial charge < -0.3 is 15.3 Å². The van der Waals surface area contributed by atoms with Crippen LogP contribution in [0.3, 0.4) is 0 Å². The number of nitrogens with two attached hydrogens (primary N) is 1. The minimum atomic E-state index is -4.53. The van der Waals surface area contributed by atoms with Crippen molar-refractivity contribution in [1.29, 1.82) is 0 Å². The van der Waals surface area contributed by atoms with Crippen LogP contribution >= 0.6 is 11.6 Å². The molecule has 0 radical (unpaired) electrons. The van der Waals surface area contributed by atoms with Crippen LogP contribution < -0.4 is 20.7 Å². The minimum absolute atomic E-state index is 0.0108. The van der Waals surface area contributed by atoms with Crippen molar-refractivity contribution >= 4 is 60.0 Å². The molecule has 0 spiro atoms. The number of hydrogen-bond donors (Lipinski definition) is 4. The number of nitrogens with zero attached hydrogens (tertiary/aromatic N) is 2. The first-order valence-corrected chi connectivity index (χ1v) is 15.9. The number of carbonyl (C=O) groups is 1. The lowest BCUT2D eigenvalue weighted by Crippen LogP contribution is -2.33. The topological polar surface area (TPSA) is 186 Å². The highest BCUT2D eigenvalue weighted by molar-refractivity contribution is 7.92. The SMILES string of the molecule is CS(=O)(=O)Nc1cccc(S(=O)(=O)NC(=O)c2c(-c3ccc[nH]c3=O)c3ccc(Cl)cc3n2Cc2ccnc(N)c2)c1. The van der Waals surface area contributed by atoms with E-state index in [2.05, 4.69) is 19.4 Å².